The average Bonchev–Trinajstić information content (AvgIpc) is 3.51. The molecule has 1 atom stereocenters. The molecule has 0 bridgehead atoms. The van der Waals surface area contributed by atoms with Gasteiger partial charge in [-0.3, -0.25) is 4.79 Å². The normalized spacial score (nSPS) is 11.3. The van der Waals surface area contributed by atoms with Crippen LogP contribution in [0, 0.1) is 23.0 Å². The van der Waals surface area contributed by atoms with E-state index >= 15 is 8.78 Å². The van der Waals surface area contributed by atoms with E-state index in [0.29, 0.717) is 11.4 Å². The van der Waals surface area contributed by atoms with E-state index in [0.717, 1.165) is 5.56 Å². The van der Waals surface area contributed by atoms with E-state index in [4.69, 9.17) is 23.7 Å². The minimum absolute atomic E-state index is 0.0637. The molecule has 5 aromatic rings. The highest BCUT2D eigenvalue weighted by Crippen LogP contribution is 2.41. The zero-order valence-corrected chi connectivity index (χ0v) is 25.8. The Bertz CT molecular complexity index is 1910. The van der Waals surface area contributed by atoms with Crippen molar-refractivity contribution in [2.75, 3.05) is 6.61 Å². The van der Waals surface area contributed by atoms with Gasteiger partial charge >= 0.3 is 5.97 Å². The maximum Gasteiger partial charge on any atom is 0.309 e. The Balaban J connectivity index is 1.53. The third-order valence-electron chi connectivity index (χ3n) is 6.70. The van der Waals surface area contributed by atoms with Crippen molar-refractivity contribution >= 4 is 5.97 Å². The van der Waals surface area contributed by atoms with E-state index in [-0.39, 0.29) is 42.4 Å². The molecule has 10 nitrogen and oxygen atoms in total. The number of aryl methyl sites for hydroxylation is 1. The van der Waals surface area contributed by atoms with Crippen molar-refractivity contribution in [3.63, 3.8) is 0 Å². The molecule has 0 amide bonds. The number of hydrogen-bond donors (Lipinski definition) is 0. The fraction of sp³-hybridized carbons (Fsp3) is 0.200. The molecule has 5 rings (SSSR count). The number of carbonyl (C=O) groups is 1. The molecule has 0 radical (unpaired) electrons. The molecule has 12 heteroatoms. The van der Waals surface area contributed by atoms with Gasteiger partial charge in [-0.05, 0) is 43.7 Å². The number of nitrogens with zero attached hydrogens (tertiary/aromatic N) is 4. The summed E-state index contributed by atoms with van der Waals surface area (Å²) in [5.41, 5.74) is 1.71. The van der Waals surface area contributed by atoms with E-state index in [1.54, 1.807) is 48.1 Å². The fourth-order valence-electron chi connectivity index (χ4n) is 4.49. The summed E-state index contributed by atoms with van der Waals surface area (Å²) in [6.07, 6.45) is 2.12. The number of pyridine rings is 1. The number of benzene rings is 3. The van der Waals surface area contributed by atoms with Crippen LogP contribution in [0.4, 0.5) is 8.78 Å². The second kappa shape index (κ2) is 14.9. The second-order valence-electron chi connectivity index (χ2n) is 10.3. The summed E-state index contributed by atoms with van der Waals surface area (Å²) in [4.78, 5) is 20.4. The van der Waals surface area contributed by atoms with Gasteiger partial charge in [0.2, 0.25) is 17.4 Å². The Morgan fingerprint density at radius 3 is 2.45 bits per heavy atom. The molecule has 0 aliphatic rings. The molecule has 3 aromatic carbocycles. The highest BCUT2D eigenvalue weighted by molar-refractivity contribution is 5.70. The van der Waals surface area contributed by atoms with Crippen LogP contribution >= 0.6 is 0 Å². The monoisotopic (exact) mass is 640 g/mol. The standard InChI is InChI=1S/C35H30F2N4O6/c1-4-43-29(42)17-22(2)45-32-30(36)34(46-26-12-8-11-25(19-26)33-39-15-16-41(33)3)40-35(31(32)37)47-28-18-24(20-38)13-14-27(28)44-21-23-9-6-5-7-10-23/h5-16,18-19,22H,4,17,21H2,1-3H3. The smallest absolute Gasteiger partial charge is 0.309 e. The molecule has 2 heterocycles. The summed E-state index contributed by atoms with van der Waals surface area (Å²) in [5, 5.41) is 9.52. The number of halogens is 2. The lowest BCUT2D eigenvalue weighted by atomic mass is 10.2. The minimum Gasteiger partial charge on any atom is -0.485 e. The summed E-state index contributed by atoms with van der Waals surface area (Å²) in [6.45, 7) is 3.37. The third-order valence-corrected chi connectivity index (χ3v) is 6.70. The first-order valence-corrected chi connectivity index (χ1v) is 14.6. The maximum absolute atomic E-state index is 16.0. The van der Waals surface area contributed by atoms with Gasteiger partial charge in [-0.15, -0.1) is 0 Å². The van der Waals surface area contributed by atoms with Gasteiger partial charge in [-0.25, -0.2) is 4.98 Å². The summed E-state index contributed by atoms with van der Waals surface area (Å²) < 4.78 is 61.8. The molecule has 1 unspecified atom stereocenters. The molecular weight excluding hydrogens is 610 g/mol. The third kappa shape index (κ3) is 8.01. The van der Waals surface area contributed by atoms with Gasteiger partial charge in [0.05, 0.1) is 24.7 Å². The summed E-state index contributed by atoms with van der Waals surface area (Å²) in [6, 6.07) is 22.3. The fourth-order valence-corrected chi connectivity index (χ4v) is 4.49. The van der Waals surface area contributed by atoms with E-state index in [2.05, 4.69) is 9.97 Å². The number of esters is 1. The Hall–Kier alpha value is -5.96. The van der Waals surface area contributed by atoms with Gasteiger partial charge in [0.1, 0.15) is 24.3 Å². The van der Waals surface area contributed by atoms with Crippen molar-refractivity contribution in [1.29, 1.82) is 5.26 Å². The average molecular weight is 641 g/mol. The van der Waals surface area contributed by atoms with Crippen molar-refractivity contribution in [2.24, 2.45) is 7.05 Å². The van der Waals surface area contributed by atoms with Gasteiger partial charge in [-0.2, -0.15) is 19.0 Å². The number of ether oxygens (including phenoxy) is 5. The van der Waals surface area contributed by atoms with Crippen LogP contribution in [0.1, 0.15) is 31.4 Å². The van der Waals surface area contributed by atoms with Gasteiger partial charge in [0, 0.05) is 31.1 Å². The van der Waals surface area contributed by atoms with Crippen molar-refractivity contribution < 1.29 is 37.3 Å². The molecule has 47 heavy (non-hydrogen) atoms. The Morgan fingerprint density at radius 2 is 1.74 bits per heavy atom. The van der Waals surface area contributed by atoms with Crippen LogP contribution in [0.3, 0.4) is 0 Å². The van der Waals surface area contributed by atoms with E-state index < -0.39 is 41.2 Å². The number of aromatic nitrogens is 3. The molecule has 2 aromatic heterocycles. The first-order chi connectivity index (χ1) is 22.7. The Kier molecular flexibility index (Phi) is 10.3. The van der Waals surface area contributed by atoms with E-state index in [1.807, 2.05) is 43.4 Å². The number of imidazole rings is 1. The number of hydrogen-bond acceptors (Lipinski definition) is 9. The summed E-state index contributed by atoms with van der Waals surface area (Å²) in [7, 11) is 1.82. The van der Waals surface area contributed by atoms with Crippen molar-refractivity contribution in [3.8, 4) is 52.2 Å². The lowest BCUT2D eigenvalue weighted by Crippen LogP contribution is -2.20. The Morgan fingerprint density at radius 1 is 0.979 bits per heavy atom. The molecule has 0 fully saturated rings. The Labute approximate surface area is 269 Å². The van der Waals surface area contributed by atoms with Crippen LogP contribution in [0.25, 0.3) is 11.4 Å². The number of nitriles is 1. The van der Waals surface area contributed by atoms with Crippen LogP contribution < -0.4 is 18.9 Å². The van der Waals surface area contributed by atoms with Gasteiger partial charge < -0.3 is 28.3 Å². The van der Waals surface area contributed by atoms with Crippen molar-refractivity contribution in [3.05, 3.63) is 108 Å². The van der Waals surface area contributed by atoms with Crippen molar-refractivity contribution in [2.45, 2.75) is 33.0 Å². The summed E-state index contributed by atoms with van der Waals surface area (Å²) in [5.74, 6) is -4.55. The predicted molar refractivity (Wildman–Crippen MR) is 166 cm³/mol. The molecule has 0 saturated carbocycles. The first-order valence-electron chi connectivity index (χ1n) is 14.6. The molecule has 240 valence electrons. The zero-order chi connectivity index (χ0) is 33.3. The lowest BCUT2D eigenvalue weighted by molar-refractivity contribution is -0.144. The molecular formula is C35H30F2N4O6. The quantitative estimate of drug-likeness (QED) is 0.120. The van der Waals surface area contributed by atoms with Crippen molar-refractivity contribution in [1.82, 2.24) is 14.5 Å². The van der Waals surface area contributed by atoms with Gasteiger partial charge in [0.25, 0.3) is 11.8 Å². The molecule has 0 aliphatic heterocycles. The molecule has 0 saturated heterocycles. The van der Waals surface area contributed by atoms with Crippen LogP contribution in [0.15, 0.2) is 85.2 Å². The minimum atomic E-state index is -1.30. The topological polar surface area (TPSA) is 118 Å². The second-order valence-corrected chi connectivity index (χ2v) is 10.3. The van der Waals surface area contributed by atoms with E-state index in [1.165, 1.54) is 25.1 Å². The summed E-state index contributed by atoms with van der Waals surface area (Å²) >= 11 is 0. The van der Waals surface area contributed by atoms with Crippen LogP contribution in [0.2, 0.25) is 0 Å². The van der Waals surface area contributed by atoms with Crippen LogP contribution in [-0.2, 0) is 23.2 Å². The van der Waals surface area contributed by atoms with E-state index in [9.17, 15) is 10.1 Å². The van der Waals surface area contributed by atoms with Gasteiger partial charge in [-0.1, -0.05) is 42.5 Å². The lowest BCUT2D eigenvalue weighted by Gasteiger charge is -2.19. The number of rotatable bonds is 13. The maximum atomic E-state index is 16.0. The predicted octanol–water partition coefficient (Wildman–Crippen LogP) is 7.52. The van der Waals surface area contributed by atoms with Gasteiger partial charge in [0.15, 0.2) is 11.5 Å². The largest absolute Gasteiger partial charge is 0.485 e. The van der Waals surface area contributed by atoms with Crippen LogP contribution in [-0.4, -0.2) is 33.2 Å². The van der Waals surface area contributed by atoms with Crippen LogP contribution in [0.5, 0.6) is 34.8 Å². The SMILES string of the molecule is CCOC(=O)CC(C)Oc1c(F)c(Oc2cccc(-c3nccn3C)c2)nc(Oc2cc(C#N)ccc2OCc2ccccc2)c1F. The zero-order valence-electron chi connectivity index (χ0n) is 25.8. The molecule has 0 spiro atoms. The highest BCUT2D eigenvalue weighted by Gasteiger charge is 2.28. The first kappa shape index (κ1) is 32.4. The number of carbonyl (C=O) groups excluding carboxylic acids is 1. The molecule has 0 aliphatic carbocycles. The highest BCUT2D eigenvalue weighted by atomic mass is 19.1. The molecule has 0 N–H and O–H groups in total.